The molecule has 0 saturated heterocycles. The van der Waals surface area contributed by atoms with Crippen LogP contribution in [0.1, 0.15) is 17.9 Å². The lowest BCUT2D eigenvalue weighted by Gasteiger charge is -2.05. The number of carbonyl (C=O) groups excluding carboxylic acids is 1. The van der Waals surface area contributed by atoms with Crippen LogP contribution in [0, 0.1) is 0 Å². The van der Waals surface area contributed by atoms with Crippen molar-refractivity contribution in [1.82, 2.24) is 10.1 Å². The Morgan fingerprint density at radius 1 is 1.15 bits per heavy atom. The summed E-state index contributed by atoms with van der Waals surface area (Å²) in [5.41, 5.74) is 2.10. The molecule has 5 nitrogen and oxygen atoms in total. The Bertz CT molecular complexity index is 1100. The summed E-state index contributed by atoms with van der Waals surface area (Å²) in [7, 11) is 0. The fraction of sp³-hybridized carbons (Fsp3) is 0.0500. The molecule has 6 heteroatoms. The Hall–Kier alpha value is -3.25. The number of hydrogen-bond acceptors (Lipinski definition) is 6. The second-order valence-electron chi connectivity index (χ2n) is 5.76. The highest BCUT2D eigenvalue weighted by atomic mass is 32.1. The molecule has 0 spiro atoms. The van der Waals surface area contributed by atoms with E-state index in [0.29, 0.717) is 11.4 Å². The Morgan fingerprint density at radius 2 is 2.00 bits per heavy atom. The topological polar surface area (TPSA) is 79.0 Å². The summed E-state index contributed by atoms with van der Waals surface area (Å²) in [4.78, 5) is 15.5. The number of carbonyl (C=O) groups is 1. The average molecular weight is 361 g/mol. The Labute approximate surface area is 153 Å². The van der Waals surface area contributed by atoms with E-state index >= 15 is 0 Å². The lowest BCUT2D eigenvalue weighted by atomic mass is 10.0. The van der Waals surface area contributed by atoms with E-state index in [0.717, 1.165) is 21.9 Å². The van der Waals surface area contributed by atoms with E-state index in [9.17, 15) is 9.90 Å². The zero-order chi connectivity index (χ0) is 17.9. The highest BCUT2D eigenvalue weighted by Crippen LogP contribution is 2.25. The molecule has 2 heterocycles. The first-order valence-electron chi connectivity index (χ1n) is 7.95. The van der Waals surface area contributed by atoms with Gasteiger partial charge in [0.25, 0.3) is 5.89 Å². The molecule has 0 fully saturated rings. The van der Waals surface area contributed by atoms with Crippen LogP contribution in [0.5, 0.6) is 0 Å². The van der Waals surface area contributed by atoms with Gasteiger partial charge in [-0.25, -0.2) is 0 Å². The second-order valence-corrected chi connectivity index (χ2v) is 6.54. The summed E-state index contributed by atoms with van der Waals surface area (Å²) < 4.78 is 5.30. The number of thiophene rings is 1. The maximum absolute atomic E-state index is 11.2. The first-order valence-corrected chi connectivity index (χ1v) is 8.89. The van der Waals surface area contributed by atoms with Gasteiger partial charge in [-0.1, -0.05) is 41.6 Å². The number of carboxylic acid groups (broad SMARTS) is 1. The number of aromatic nitrogens is 2. The molecular formula is C20H13N2O3S-. The fourth-order valence-corrected chi connectivity index (χ4v) is 3.34. The van der Waals surface area contributed by atoms with Gasteiger partial charge in [-0.2, -0.15) is 16.3 Å². The SMILES string of the molecule is O=C([O-])C/C(=C\c1ccc2ccccc2c1)c1nc(-c2ccsc2)no1. The molecule has 4 aromatic rings. The monoisotopic (exact) mass is 361 g/mol. The van der Waals surface area contributed by atoms with Gasteiger partial charge in [0.15, 0.2) is 0 Å². The minimum atomic E-state index is -1.20. The van der Waals surface area contributed by atoms with Gasteiger partial charge in [0.2, 0.25) is 5.82 Å². The van der Waals surface area contributed by atoms with E-state index in [1.54, 1.807) is 6.08 Å². The Morgan fingerprint density at radius 3 is 2.77 bits per heavy atom. The maximum atomic E-state index is 11.2. The highest BCUT2D eigenvalue weighted by molar-refractivity contribution is 7.08. The lowest BCUT2D eigenvalue weighted by Crippen LogP contribution is -2.22. The summed E-state index contributed by atoms with van der Waals surface area (Å²) >= 11 is 1.53. The molecule has 128 valence electrons. The molecule has 0 aliphatic heterocycles. The molecule has 0 unspecified atom stereocenters. The van der Waals surface area contributed by atoms with Gasteiger partial charge in [0, 0.05) is 28.9 Å². The van der Waals surface area contributed by atoms with Gasteiger partial charge in [-0.15, -0.1) is 0 Å². The van der Waals surface area contributed by atoms with Crippen LogP contribution in [0.25, 0.3) is 33.8 Å². The summed E-state index contributed by atoms with van der Waals surface area (Å²) in [6.07, 6.45) is 1.44. The van der Waals surface area contributed by atoms with Crippen LogP contribution in [0.2, 0.25) is 0 Å². The predicted octanol–water partition coefficient (Wildman–Crippen LogP) is 3.63. The maximum Gasteiger partial charge on any atom is 0.254 e. The minimum Gasteiger partial charge on any atom is -0.550 e. The molecule has 0 saturated carbocycles. The van der Waals surface area contributed by atoms with Crippen molar-refractivity contribution < 1.29 is 14.4 Å². The van der Waals surface area contributed by atoms with Gasteiger partial charge in [-0.3, -0.25) is 0 Å². The average Bonchev–Trinajstić information content (AvgIpc) is 3.32. The Kier molecular flexibility index (Phi) is 4.33. The molecule has 0 amide bonds. The molecule has 0 atom stereocenters. The molecule has 0 aliphatic rings. The quantitative estimate of drug-likeness (QED) is 0.542. The zero-order valence-corrected chi connectivity index (χ0v) is 14.4. The number of hydrogen-bond donors (Lipinski definition) is 0. The molecule has 0 bridgehead atoms. The van der Waals surface area contributed by atoms with Crippen LogP contribution >= 0.6 is 11.3 Å². The van der Waals surface area contributed by atoms with Crippen molar-refractivity contribution in [3.8, 4) is 11.4 Å². The highest BCUT2D eigenvalue weighted by Gasteiger charge is 2.14. The van der Waals surface area contributed by atoms with E-state index in [-0.39, 0.29) is 12.3 Å². The first kappa shape index (κ1) is 16.2. The van der Waals surface area contributed by atoms with E-state index in [2.05, 4.69) is 10.1 Å². The molecule has 26 heavy (non-hydrogen) atoms. The molecule has 2 aromatic heterocycles. The number of nitrogens with zero attached hydrogens (tertiary/aromatic N) is 2. The molecule has 4 rings (SSSR count). The van der Waals surface area contributed by atoms with E-state index < -0.39 is 5.97 Å². The normalized spacial score (nSPS) is 11.8. The van der Waals surface area contributed by atoms with E-state index in [1.807, 2.05) is 59.3 Å². The fourth-order valence-electron chi connectivity index (χ4n) is 2.71. The largest absolute Gasteiger partial charge is 0.550 e. The molecule has 0 aliphatic carbocycles. The number of aliphatic carboxylic acids is 1. The molecular weight excluding hydrogens is 348 g/mol. The van der Waals surface area contributed by atoms with Crippen LogP contribution in [-0.2, 0) is 4.79 Å². The van der Waals surface area contributed by atoms with Crippen molar-refractivity contribution in [3.63, 3.8) is 0 Å². The third-order valence-corrected chi connectivity index (χ3v) is 4.61. The molecule has 2 aromatic carbocycles. The van der Waals surface area contributed by atoms with Gasteiger partial charge >= 0.3 is 0 Å². The lowest BCUT2D eigenvalue weighted by molar-refractivity contribution is -0.304. The van der Waals surface area contributed by atoms with Gasteiger partial charge in [-0.05, 0) is 39.9 Å². The minimum absolute atomic E-state index is 0.184. The van der Waals surface area contributed by atoms with Crippen molar-refractivity contribution in [3.05, 3.63) is 70.7 Å². The zero-order valence-electron chi connectivity index (χ0n) is 13.6. The third kappa shape index (κ3) is 3.41. The molecule has 0 radical (unpaired) electrons. The van der Waals surface area contributed by atoms with Crippen LogP contribution in [0.4, 0.5) is 0 Å². The predicted molar refractivity (Wildman–Crippen MR) is 99.1 cm³/mol. The van der Waals surface area contributed by atoms with Gasteiger partial charge in [0.05, 0.1) is 0 Å². The van der Waals surface area contributed by atoms with Crippen molar-refractivity contribution in [2.45, 2.75) is 6.42 Å². The second kappa shape index (κ2) is 6.93. The first-order chi connectivity index (χ1) is 12.7. The Balaban J connectivity index is 1.74. The van der Waals surface area contributed by atoms with E-state index in [4.69, 9.17) is 4.52 Å². The van der Waals surface area contributed by atoms with Crippen molar-refractivity contribution >= 4 is 39.7 Å². The standard InChI is InChI=1S/C20H14N2O3S/c23-18(24)11-17(20-21-19(22-25-20)16-7-8-26-12-16)10-13-5-6-14-3-1-2-4-15(14)9-13/h1-10,12H,11H2,(H,23,24)/p-1/b17-10+. The smallest absolute Gasteiger partial charge is 0.254 e. The van der Waals surface area contributed by atoms with Crippen molar-refractivity contribution in [2.24, 2.45) is 0 Å². The number of benzene rings is 2. The van der Waals surface area contributed by atoms with Gasteiger partial charge < -0.3 is 14.4 Å². The van der Waals surface area contributed by atoms with Crippen molar-refractivity contribution in [1.29, 1.82) is 0 Å². The summed E-state index contributed by atoms with van der Waals surface area (Å²) in [6.45, 7) is 0. The number of fused-ring (bicyclic) bond motifs is 1. The number of carboxylic acids is 1. The van der Waals surface area contributed by atoms with E-state index in [1.165, 1.54) is 11.3 Å². The summed E-state index contributed by atoms with van der Waals surface area (Å²) in [6, 6.07) is 15.7. The van der Waals surface area contributed by atoms with Crippen LogP contribution < -0.4 is 5.11 Å². The van der Waals surface area contributed by atoms with Crippen molar-refractivity contribution in [2.75, 3.05) is 0 Å². The summed E-state index contributed by atoms with van der Waals surface area (Å²) in [5, 5.41) is 21.1. The third-order valence-electron chi connectivity index (χ3n) is 3.93. The number of rotatable bonds is 5. The van der Waals surface area contributed by atoms with Crippen LogP contribution in [-0.4, -0.2) is 16.1 Å². The summed E-state index contributed by atoms with van der Waals surface area (Å²) in [5.74, 6) is -0.583. The van der Waals surface area contributed by atoms with Crippen LogP contribution in [0.15, 0.2) is 63.8 Å². The van der Waals surface area contributed by atoms with Gasteiger partial charge in [0.1, 0.15) is 0 Å². The molecule has 0 N–H and O–H groups in total. The van der Waals surface area contributed by atoms with Crippen LogP contribution in [0.3, 0.4) is 0 Å².